The molecule has 1 rings (SSSR count). The Hall–Kier alpha value is -2.68. The highest BCUT2D eigenvalue weighted by atomic mass is 32.1. The lowest BCUT2D eigenvalue weighted by Crippen LogP contribution is -2.23. The van der Waals surface area contributed by atoms with E-state index in [1.54, 1.807) is 24.3 Å². The van der Waals surface area contributed by atoms with Crippen LogP contribution in [0.15, 0.2) is 29.4 Å². The fraction of sp³-hybridized carbons (Fsp3) is 0.0909. The van der Waals surface area contributed by atoms with Crippen molar-refractivity contribution in [2.24, 2.45) is 10.8 Å². The Bertz CT molecular complexity index is 530. The number of carboxylic acids is 1. The molecule has 0 atom stereocenters. The molecule has 0 unspecified atom stereocenters. The molecule has 1 amide bonds. The Morgan fingerprint density at radius 2 is 2.05 bits per heavy atom. The summed E-state index contributed by atoms with van der Waals surface area (Å²) in [6, 6.07) is 6.56. The summed E-state index contributed by atoms with van der Waals surface area (Å²) in [6.07, 6.45) is 0.648. The first kappa shape index (κ1) is 15.4. The Morgan fingerprint density at radius 3 is 2.60 bits per heavy atom. The van der Waals surface area contributed by atoms with E-state index in [1.807, 2.05) is 0 Å². The summed E-state index contributed by atoms with van der Waals surface area (Å²) in [5, 5.41) is 14.5. The number of hydrazone groups is 1. The molecule has 1 aromatic carbocycles. The molecule has 0 aliphatic carbocycles. The average molecular weight is 296 g/mol. The Morgan fingerprint density at radius 1 is 1.40 bits per heavy atom. The zero-order valence-corrected chi connectivity index (χ0v) is 11.0. The second-order valence-corrected chi connectivity index (χ2v) is 3.89. The van der Waals surface area contributed by atoms with Gasteiger partial charge in [-0.15, -0.1) is 0 Å². The number of hydrogen-bond donors (Lipinski definition) is 4. The van der Waals surface area contributed by atoms with Crippen molar-refractivity contribution in [3.05, 3.63) is 29.8 Å². The minimum atomic E-state index is -1.22. The molecular formula is C11H12N4O4S. The molecule has 0 radical (unpaired) electrons. The number of carbonyl (C=O) groups excluding carboxylic acids is 1. The van der Waals surface area contributed by atoms with Crippen LogP contribution in [-0.4, -0.2) is 35.1 Å². The maximum atomic E-state index is 11.2. The summed E-state index contributed by atoms with van der Waals surface area (Å²) in [5.41, 5.74) is 8.80. The number of nitrogens with two attached hydrogens (primary N) is 1. The van der Waals surface area contributed by atoms with Gasteiger partial charge >= 0.3 is 12.1 Å². The maximum absolute atomic E-state index is 11.2. The monoisotopic (exact) mass is 296 g/mol. The molecule has 8 nitrogen and oxygen atoms in total. The number of rotatable bonds is 5. The number of ether oxygens (including phenoxy) is 1. The molecule has 0 saturated heterocycles. The molecule has 0 aliphatic rings. The van der Waals surface area contributed by atoms with E-state index in [9.17, 15) is 9.59 Å². The molecule has 0 saturated carbocycles. The zero-order chi connectivity index (χ0) is 15.0. The Kier molecular flexibility index (Phi) is 5.91. The molecule has 9 heteroatoms. The highest BCUT2D eigenvalue weighted by Gasteiger charge is 2.05. The third-order valence-electron chi connectivity index (χ3n) is 1.87. The highest BCUT2D eigenvalue weighted by molar-refractivity contribution is 7.80. The van der Waals surface area contributed by atoms with Gasteiger partial charge in [0.1, 0.15) is 0 Å². The van der Waals surface area contributed by atoms with Crippen molar-refractivity contribution in [2.75, 3.05) is 11.9 Å². The van der Waals surface area contributed by atoms with E-state index in [1.165, 1.54) is 6.21 Å². The summed E-state index contributed by atoms with van der Waals surface area (Å²) in [6.45, 7) is -0.693. The minimum Gasteiger partial charge on any atom is -0.479 e. The average Bonchev–Trinajstić information content (AvgIpc) is 2.38. The predicted octanol–water partition coefficient (Wildman–Crippen LogP) is 0.487. The fourth-order valence-electron chi connectivity index (χ4n) is 1.10. The van der Waals surface area contributed by atoms with Crippen molar-refractivity contribution in [3.8, 4) is 0 Å². The second kappa shape index (κ2) is 7.69. The standard InChI is InChI=1S/C11H12N4O4S/c12-10(20)15-13-5-7-1-3-8(4-2-7)14-11(18)19-6-9(16)17/h1-5H,6H2,(H,14,18)(H,16,17)(H3,12,15,20)/b13-5+. The number of anilines is 1. The van der Waals surface area contributed by atoms with E-state index in [0.29, 0.717) is 5.69 Å². The van der Waals surface area contributed by atoms with Crippen molar-refractivity contribution >= 4 is 41.3 Å². The minimum absolute atomic E-state index is 0.0562. The molecule has 1 aromatic rings. The lowest BCUT2D eigenvalue weighted by atomic mass is 10.2. The summed E-state index contributed by atoms with van der Waals surface area (Å²) in [5.74, 6) is -1.22. The van der Waals surface area contributed by atoms with Crippen LogP contribution in [0, 0.1) is 0 Å². The number of nitrogens with zero attached hydrogens (tertiary/aromatic N) is 1. The van der Waals surface area contributed by atoms with Crippen LogP contribution in [0.1, 0.15) is 5.56 Å². The molecule has 0 spiro atoms. The van der Waals surface area contributed by atoms with Gasteiger partial charge < -0.3 is 15.6 Å². The second-order valence-electron chi connectivity index (χ2n) is 3.45. The number of aliphatic carboxylic acids is 1. The fourth-order valence-corrected chi connectivity index (χ4v) is 1.16. The van der Waals surface area contributed by atoms with Gasteiger partial charge in [-0.2, -0.15) is 5.10 Å². The summed E-state index contributed by atoms with van der Waals surface area (Å²) >= 11 is 4.57. The maximum Gasteiger partial charge on any atom is 0.412 e. The first-order chi connectivity index (χ1) is 9.47. The smallest absolute Gasteiger partial charge is 0.412 e. The van der Waals surface area contributed by atoms with Crippen LogP contribution in [0.3, 0.4) is 0 Å². The van der Waals surface area contributed by atoms with Crippen LogP contribution in [0.25, 0.3) is 0 Å². The number of amides is 1. The van der Waals surface area contributed by atoms with E-state index in [2.05, 4.69) is 32.8 Å². The van der Waals surface area contributed by atoms with E-state index in [0.717, 1.165) is 5.56 Å². The number of benzene rings is 1. The van der Waals surface area contributed by atoms with Crippen molar-refractivity contribution < 1.29 is 19.4 Å². The third-order valence-corrected chi connectivity index (χ3v) is 1.96. The summed E-state index contributed by atoms with van der Waals surface area (Å²) in [7, 11) is 0. The molecule has 20 heavy (non-hydrogen) atoms. The van der Waals surface area contributed by atoms with Crippen molar-refractivity contribution in [1.82, 2.24) is 5.43 Å². The predicted molar refractivity (Wildman–Crippen MR) is 76.6 cm³/mol. The van der Waals surface area contributed by atoms with E-state index < -0.39 is 18.7 Å². The van der Waals surface area contributed by atoms with Gasteiger partial charge in [-0.25, -0.2) is 9.59 Å². The lowest BCUT2D eigenvalue weighted by molar-refractivity contribution is -0.140. The van der Waals surface area contributed by atoms with Crippen LogP contribution < -0.4 is 16.5 Å². The molecule has 0 fully saturated rings. The van der Waals surface area contributed by atoms with Gasteiger partial charge in [-0.1, -0.05) is 12.1 Å². The van der Waals surface area contributed by atoms with Gasteiger partial charge in [0.25, 0.3) is 0 Å². The Balaban J connectivity index is 2.49. The Labute approximate surface area is 119 Å². The van der Waals surface area contributed by atoms with Crippen LogP contribution >= 0.6 is 12.2 Å². The molecule has 0 aromatic heterocycles. The highest BCUT2D eigenvalue weighted by Crippen LogP contribution is 2.08. The molecule has 0 aliphatic heterocycles. The largest absolute Gasteiger partial charge is 0.479 e. The van der Waals surface area contributed by atoms with Crippen LogP contribution in [-0.2, 0) is 9.53 Å². The van der Waals surface area contributed by atoms with E-state index in [-0.39, 0.29) is 5.11 Å². The van der Waals surface area contributed by atoms with Gasteiger partial charge in [-0.3, -0.25) is 10.7 Å². The summed E-state index contributed by atoms with van der Waals surface area (Å²) in [4.78, 5) is 21.4. The van der Waals surface area contributed by atoms with E-state index in [4.69, 9.17) is 10.8 Å². The number of carbonyl (C=O) groups is 2. The number of hydrogen-bond acceptors (Lipinski definition) is 5. The van der Waals surface area contributed by atoms with Gasteiger partial charge in [0.15, 0.2) is 11.7 Å². The molecule has 106 valence electrons. The molecule has 5 N–H and O–H groups in total. The third kappa shape index (κ3) is 6.31. The number of carboxylic acid groups (broad SMARTS) is 1. The van der Waals surface area contributed by atoms with Crippen LogP contribution in [0.4, 0.5) is 10.5 Å². The van der Waals surface area contributed by atoms with Crippen LogP contribution in [0.2, 0.25) is 0 Å². The van der Waals surface area contributed by atoms with Crippen molar-refractivity contribution in [3.63, 3.8) is 0 Å². The topological polar surface area (TPSA) is 126 Å². The number of nitrogens with one attached hydrogen (secondary N) is 2. The lowest BCUT2D eigenvalue weighted by Gasteiger charge is -2.05. The molecular weight excluding hydrogens is 284 g/mol. The number of thiocarbonyl (C=S) groups is 1. The van der Waals surface area contributed by atoms with Gasteiger partial charge in [0, 0.05) is 5.69 Å². The first-order valence-electron chi connectivity index (χ1n) is 5.31. The molecule has 0 bridgehead atoms. The summed E-state index contributed by atoms with van der Waals surface area (Å²) < 4.78 is 4.41. The quantitative estimate of drug-likeness (QED) is 0.354. The van der Waals surface area contributed by atoms with Crippen molar-refractivity contribution in [1.29, 1.82) is 0 Å². The SMILES string of the molecule is NC(=S)N/N=C/c1ccc(NC(=O)OCC(=O)O)cc1. The van der Waals surface area contributed by atoms with Gasteiger partial charge in [0.2, 0.25) is 0 Å². The van der Waals surface area contributed by atoms with Crippen molar-refractivity contribution in [2.45, 2.75) is 0 Å². The van der Waals surface area contributed by atoms with Gasteiger partial charge in [-0.05, 0) is 29.9 Å². The van der Waals surface area contributed by atoms with Crippen LogP contribution in [0.5, 0.6) is 0 Å². The first-order valence-corrected chi connectivity index (χ1v) is 5.72. The van der Waals surface area contributed by atoms with E-state index >= 15 is 0 Å². The zero-order valence-electron chi connectivity index (χ0n) is 10.2. The van der Waals surface area contributed by atoms with Gasteiger partial charge in [0.05, 0.1) is 6.21 Å². The molecule has 0 heterocycles. The normalized spacial score (nSPS) is 10.0.